The summed E-state index contributed by atoms with van der Waals surface area (Å²) in [6.07, 6.45) is 0.998. The fourth-order valence-electron chi connectivity index (χ4n) is 1.54. The Kier molecular flexibility index (Phi) is 4.21. The molecule has 0 atom stereocenters. The number of nitrogen functional groups attached to an aromatic ring is 1. The molecule has 1 rings (SSSR count). The molecule has 1 aromatic rings. The first kappa shape index (κ1) is 12.1. The molecule has 1 aromatic carbocycles. The number of rotatable bonds is 4. The molecule has 0 aliphatic carbocycles. The summed E-state index contributed by atoms with van der Waals surface area (Å²) in [5, 5.41) is 0.0730. The van der Waals surface area contributed by atoms with Gasteiger partial charge in [-0.1, -0.05) is 18.5 Å². The standard InChI is InChI=1S/C11H16ClFN2/c1-3-5-15(4-2)11-7-9(13)8(12)6-10(11)14/h6-7H,3-5,14H2,1-2H3. The summed E-state index contributed by atoms with van der Waals surface area (Å²) in [6.45, 7) is 5.76. The maximum atomic E-state index is 13.3. The quantitative estimate of drug-likeness (QED) is 0.805. The minimum Gasteiger partial charge on any atom is -0.397 e. The lowest BCUT2D eigenvalue weighted by Crippen LogP contribution is -2.24. The Morgan fingerprint density at radius 2 is 2.07 bits per heavy atom. The molecule has 0 aliphatic heterocycles. The normalized spacial score (nSPS) is 10.4. The van der Waals surface area contributed by atoms with Crippen LogP contribution in [0.3, 0.4) is 0 Å². The van der Waals surface area contributed by atoms with E-state index in [2.05, 4.69) is 6.92 Å². The molecule has 84 valence electrons. The molecule has 15 heavy (non-hydrogen) atoms. The number of halogens is 2. The molecule has 0 aliphatic rings. The highest BCUT2D eigenvalue weighted by Crippen LogP contribution is 2.29. The van der Waals surface area contributed by atoms with E-state index in [9.17, 15) is 4.39 Å². The van der Waals surface area contributed by atoms with Crippen LogP contribution in [0, 0.1) is 5.82 Å². The number of nitrogens with zero attached hydrogens (tertiary/aromatic N) is 1. The smallest absolute Gasteiger partial charge is 0.144 e. The fraction of sp³-hybridized carbons (Fsp3) is 0.455. The molecule has 4 heteroatoms. The molecule has 0 aromatic heterocycles. The lowest BCUT2D eigenvalue weighted by Gasteiger charge is -2.24. The van der Waals surface area contributed by atoms with Crippen molar-refractivity contribution < 1.29 is 4.39 Å². The van der Waals surface area contributed by atoms with Gasteiger partial charge in [0.05, 0.1) is 16.4 Å². The highest BCUT2D eigenvalue weighted by molar-refractivity contribution is 6.31. The summed E-state index contributed by atoms with van der Waals surface area (Å²) < 4.78 is 13.3. The van der Waals surface area contributed by atoms with E-state index < -0.39 is 5.82 Å². The molecule has 2 N–H and O–H groups in total. The highest BCUT2D eigenvalue weighted by Gasteiger charge is 2.11. The molecule has 0 amide bonds. The van der Waals surface area contributed by atoms with Crippen LogP contribution in [0.25, 0.3) is 0 Å². The van der Waals surface area contributed by atoms with Crippen LogP contribution < -0.4 is 10.6 Å². The predicted molar refractivity (Wildman–Crippen MR) is 64.0 cm³/mol. The van der Waals surface area contributed by atoms with Gasteiger partial charge in [-0.15, -0.1) is 0 Å². The molecule has 0 unspecified atom stereocenters. The van der Waals surface area contributed by atoms with Crippen LogP contribution in [0.1, 0.15) is 20.3 Å². The molecule has 0 heterocycles. The molecular formula is C11H16ClFN2. The van der Waals surface area contributed by atoms with Crippen LogP contribution in [0.15, 0.2) is 12.1 Å². The molecule has 0 fully saturated rings. The van der Waals surface area contributed by atoms with Crippen molar-refractivity contribution in [1.29, 1.82) is 0 Å². The van der Waals surface area contributed by atoms with Crippen LogP contribution in [-0.4, -0.2) is 13.1 Å². The Morgan fingerprint density at radius 3 is 2.60 bits per heavy atom. The van der Waals surface area contributed by atoms with E-state index in [0.29, 0.717) is 5.69 Å². The average molecular weight is 231 g/mol. The van der Waals surface area contributed by atoms with E-state index in [1.54, 1.807) is 0 Å². The minimum absolute atomic E-state index is 0.0730. The van der Waals surface area contributed by atoms with Crippen molar-refractivity contribution >= 4 is 23.0 Å². The zero-order chi connectivity index (χ0) is 11.4. The molecular weight excluding hydrogens is 215 g/mol. The van der Waals surface area contributed by atoms with Gasteiger partial charge in [-0.25, -0.2) is 4.39 Å². The minimum atomic E-state index is -0.421. The van der Waals surface area contributed by atoms with Gasteiger partial charge in [0.1, 0.15) is 5.82 Å². The van der Waals surface area contributed by atoms with Crippen LogP contribution >= 0.6 is 11.6 Å². The highest BCUT2D eigenvalue weighted by atomic mass is 35.5. The summed E-state index contributed by atoms with van der Waals surface area (Å²) in [5.41, 5.74) is 7.05. The van der Waals surface area contributed by atoms with E-state index in [-0.39, 0.29) is 5.02 Å². The third kappa shape index (κ3) is 2.75. The largest absolute Gasteiger partial charge is 0.397 e. The van der Waals surface area contributed by atoms with Crippen LogP contribution in [0.4, 0.5) is 15.8 Å². The van der Waals surface area contributed by atoms with Gasteiger partial charge >= 0.3 is 0 Å². The number of benzene rings is 1. The first-order valence-electron chi connectivity index (χ1n) is 5.09. The topological polar surface area (TPSA) is 29.3 Å². The Balaban J connectivity index is 3.06. The summed E-state index contributed by atoms with van der Waals surface area (Å²) in [6, 6.07) is 2.86. The second kappa shape index (κ2) is 5.21. The van der Waals surface area contributed by atoms with Gasteiger partial charge in [0.15, 0.2) is 0 Å². The van der Waals surface area contributed by atoms with Gasteiger partial charge < -0.3 is 10.6 Å². The lowest BCUT2D eigenvalue weighted by molar-refractivity contribution is 0.627. The third-order valence-corrected chi connectivity index (χ3v) is 2.58. The van der Waals surface area contributed by atoms with Gasteiger partial charge in [0.2, 0.25) is 0 Å². The van der Waals surface area contributed by atoms with Crippen molar-refractivity contribution in [1.82, 2.24) is 0 Å². The first-order chi connectivity index (χ1) is 7.10. The van der Waals surface area contributed by atoms with E-state index in [4.69, 9.17) is 17.3 Å². The molecule has 2 nitrogen and oxygen atoms in total. The van der Waals surface area contributed by atoms with Crippen LogP contribution in [0.2, 0.25) is 5.02 Å². The Bertz CT molecular complexity index is 342. The summed E-state index contributed by atoms with van der Waals surface area (Å²) >= 11 is 5.64. The maximum Gasteiger partial charge on any atom is 0.144 e. The van der Waals surface area contributed by atoms with Crippen molar-refractivity contribution in [2.24, 2.45) is 0 Å². The Hall–Kier alpha value is -0.960. The number of nitrogens with two attached hydrogens (primary N) is 1. The van der Waals surface area contributed by atoms with Crippen molar-refractivity contribution in [2.45, 2.75) is 20.3 Å². The zero-order valence-corrected chi connectivity index (χ0v) is 9.81. The number of hydrogen-bond donors (Lipinski definition) is 1. The zero-order valence-electron chi connectivity index (χ0n) is 9.06. The first-order valence-corrected chi connectivity index (χ1v) is 5.47. The van der Waals surface area contributed by atoms with Gasteiger partial charge in [0.25, 0.3) is 0 Å². The Labute approximate surface area is 94.8 Å². The second-order valence-corrected chi connectivity index (χ2v) is 3.81. The lowest BCUT2D eigenvalue weighted by atomic mass is 10.2. The second-order valence-electron chi connectivity index (χ2n) is 3.40. The SMILES string of the molecule is CCCN(CC)c1cc(F)c(Cl)cc1N. The molecule has 0 radical (unpaired) electrons. The summed E-state index contributed by atoms with van der Waals surface area (Å²) in [5.74, 6) is -0.421. The number of hydrogen-bond acceptors (Lipinski definition) is 2. The molecule has 0 saturated carbocycles. The number of anilines is 2. The summed E-state index contributed by atoms with van der Waals surface area (Å²) in [7, 11) is 0. The van der Waals surface area contributed by atoms with E-state index in [0.717, 1.165) is 25.2 Å². The van der Waals surface area contributed by atoms with Gasteiger partial charge in [-0.3, -0.25) is 0 Å². The molecule has 0 saturated heterocycles. The van der Waals surface area contributed by atoms with E-state index in [1.807, 2.05) is 11.8 Å². The average Bonchev–Trinajstić information content (AvgIpc) is 2.20. The third-order valence-electron chi connectivity index (χ3n) is 2.29. The van der Waals surface area contributed by atoms with Gasteiger partial charge in [-0.05, 0) is 19.4 Å². The maximum absolute atomic E-state index is 13.3. The molecule has 0 spiro atoms. The Morgan fingerprint density at radius 1 is 1.40 bits per heavy atom. The predicted octanol–water partition coefficient (Wildman–Crippen LogP) is 3.30. The van der Waals surface area contributed by atoms with Gasteiger partial charge in [0, 0.05) is 19.2 Å². The van der Waals surface area contributed by atoms with Crippen LogP contribution in [0.5, 0.6) is 0 Å². The van der Waals surface area contributed by atoms with E-state index in [1.165, 1.54) is 12.1 Å². The monoisotopic (exact) mass is 230 g/mol. The fourth-order valence-corrected chi connectivity index (χ4v) is 1.72. The van der Waals surface area contributed by atoms with E-state index >= 15 is 0 Å². The van der Waals surface area contributed by atoms with Gasteiger partial charge in [-0.2, -0.15) is 0 Å². The van der Waals surface area contributed by atoms with Crippen LogP contribution in [-0.2, 0) is 0 Å². The van der Waals surface area contributed by atoms with Crippen molar-refractivity contribution in [3.05, 3.63) is 23.0 Å². The van der Waals surface area contributed by atoms with Crippen molar-refractivity contribution in [3.8, 4) is 0 Å². The van der Waals surface area contributed by atoms with Crippen molar-refractivity contribution in [3.63, 3.8) is 0 Å². The molecule has 0 bridgehead atoms. The summed E-state index contributed by atoms with van der Waals surface area (Å²) in [4.78, 5) is 2.04. The van der Waals surface area contributed by atoms with Crippen molar-refractivity contribution in [2.75, 3.05) is 23.7 Å².